The van der Waals surface area contributed by atoms with E-state index in [-0.39, 0.29) is 11.6 Å². The summed E-state index contributed by atoms with van der Waals surface area (Å²) in [5.74, 6) is 1.26. The van der Waals surface area contributed by atoms with Crippen molar-refractivity contribution in [3.63, 3.8) is 0 Å². The molecule has 1 aromatic heterocycles. The van der Waals surface area contributed by atoms with Crippen LogP contribution in [0, 0.1) is 5.82 Å². The van der Waals surface area contributed by atoms with Crippen LogP contribution < -0.4 is 15.1 Å². The summed E-state index contributed by atoms with van der Waals surface area (Å²) >= 11 is 12.6. The van der Waals surface area contributed by atoms with Gasteiger partial charge in [0.1, 0.15) is 17.5 Å². The first kappa shape index (κ1) is 24.4. The first-order chi connectivity index (χ1) is 18.4. The maximum absolute atomic E-state index is 15.0. The van der Waals surface area contributed by atoms with E-state index in [1.807, 2.05) is 21.9 Å². The fraction of sp³-hybridized carbons (Fsp3) is 0.231. The number of hydrogen-bond donors (Lipinski definition) is 2. The zero-order chi connectivity index (χ0) is 26.4. The molecule has 0 aliphatic carbocycles. The van der Waals surface area contributed by atoms with Gasteiger partial charge in [-0.1, -0.05) is 29.3 Å². The largest absolute Gasteiger partial charge is 0.465 e. The standard InChI is InChI=1S/C26H22Cl2FN7O2/c27-16-1-3-18(20(28)12-16)19-11-15-14-31-25(33-23(15)36-6-5-30-24(19)36)32-22-4-2-17(13-21(22)29)34-7-9-35(10-8-34)26(37)38/h1-4,11-14H,5-10H2,(H,37,38)(H,31,32,33). The van der Waals surface area contributed by atoms with Crippen LogP contribution in [-0.4, -0.2) is 71.2 Å². The van der Waals surface area contributed by atoms with Gasteiger partial charge in [0.2, 0.25) is 5.95 Å². The Morgan fingerprint density at radius 1 is 1.05 bits per heavy atom. The minimum Gasteiger partial charge on any atom is -0.465 e. The van der Waals surface area contributed by atoms with Crippen LogP contribution >= 0.6 is 23.2 Å². The van der Waals surface area contributed by atoms with Crippen molar-refractivity contribution in [2.24, 2.45) is 4.99 Å². The Balaban J connectivity index is 1.24. The van der Waals surface area contributed by atoms with E-state index in [4.69, 9.17) is 28.3 Å². The van der Waals surface area contributed by atoms with Crippen molar-refractivity contribution >= 4 is 69.9 Å². The average molecular weight is 554 g/mol. The van der Waals surface area contributed by atoms with Gasteiger partial charge in [0.25, 0.3) is 0 Å². The number of fused-ring (bicyclic) bond motifs is 3. The van der Waals surface area contributed by atoms with E-state index < -0.39 is 11.9 Å². The molecule has 194 valence electrons. The number of amides is 1. The molecule has 0 spiro atoms. The lowest BCUT2D eigenvalue weighted by molar-refractivity contribution is 0.142. The number of carboxylic acid groups (broad SMARTS) is 1. The lowest BCUT2D eigenvalue weighted by Gasteiger charge is -2.34. The summed E-state index contributed by atoms with van der Waals surface area (Å²) < 4.78 is 15.0. The smallest absolute Gasteiger partial charge is 0.407 e. The third kappa shape index (κ3) is 4.50. The van der Waals surface area contributed by atoms with Crippen molar-refractivity contribution in [2.75, 3.05) is 54.4 Å². The number of nitrogens with zero attached hydrogens (tertiary/aromatic N) is 6. The van der Waals surface area contributed by atoms with Crippen molar-refractivity contribution < 1.29 is 14.3 Å². The molecular formula is C26H22Cl2FN7O2. The van der Waals surface area contributed by atoms with Gasteiger partial charge in [-0.05, 0) is 36.4 Å². The fourth-order valence-corrected chi connectivity index (χ4v) is 5.36. The minimum absolute atomic E-state index is 0.244. The van der Waals surface area contributed by atoms with Gasteiger partial charge in [-0.3, -0.25) is 4.99 Å². The van der Waals surface area contributed by atoms with Crippen LogP contribution in [0.5, 0.6) is 0 Å². The number of amidine groups is 1. The van der Waals surface area contributed by atoms with Gasteiger partial charge in [-0.2, -0.15) is 4.98 Å². The molecule has 0 radical (unpaired) electrons. The summed E-state index contributed by atoms with van der Waals surface area (Å²) in [5, 5.41) is 13.2. The number of piperazine rings is 1. The summed E-state index contributed by atoms with van der Waals surface area (Å²) in [5.41, 5.74) is 3.43. The SMILES string of the molecule is O=C(O)N1CCN(c2ccc(Nc3ncc4c(n3)N3CCN=C3C(c3ccc(Cl)cc3Cl)=C4)c(F)c2)CC1. The van der Waals surface area contributed by atoms with E-state index in [0.29, 0.717) is 60.8 Å². The van der Waals surface area contributed by atoms with Gasteiger partial charge in [0.05, 0.1) is 17.3 Å². The Hall–Kier alpha value is -3.89. The van der Waals surface area contributed by atoms with Crippen molar-refractivity contribution in [3.05, 3.63) is 69.6 Å². The zero-order valence-corrected chi connectivity index (χ0v) is 21.5. The molecule has 1 amide bonds. The molecule has 0 saturated carbocycles. The lowest BCUT2D eigenvalue weighted by atomic mass is 9.98. The van der Waals surface area contributed by atoms with Gasteiger partial charge >= 0.3 is 6.09 Å². The molecule has 3 aliphatic rings. The molecule has 3 aliphatic heterocycles. The van der Waals surface area contributed by atoms with Crippen LogP contribution in [0.4, 0.5) is 32.3 Å². The number of aromatic nitrogens is 2. The lowest BCUT2D eigenvalue weighted by Crippen LogP contribution is -2.48. The van der Waals surface area contributed by atoms with Crippen LogP contribution in [-0.2, 0) is 0 Å². The zero-order valence-electron chi connectivity index (χ0n) is 20.0. The van der Waals surface area contributed by atoms with E-state index >= 15 is 4.39 Å². The van der Waals surface area contributed by atoms with Crippen LogP contribution in [0.25, 0.3) is 11.6 Å². The number of carbonyl (C=O) groups is 1. The average Bonchev–Trinajstić information content (AvgIpc) is 3.40. The van der Waals surface area contributed by atoms with Gasteiger partial charge in [-0.15, -0.1) is 0 Å². The van der Waals surface area contributed by atoms with Crippen LogP contribution in [0.2, 0.25) is 10.0 Å². The molecule has 1 fully saturated rings. The summed E-state index contributed by atoms with van der Waals surface area (Å²) in [7, 11) is 0. The highest BCUT2D eigenvalue weighted by molar-refractivity contribution is 6.41. The summed E-state index contributed by atoms with van der Waals surface area (Å²) in [6.07, 6.45) is 2.71. The van der Waals surface area contributed by atoms with Gasteiger partial charge in [-0.25, -0.2) is 14.2 Å². The molecule has 3 aromatic rings. The Morgan fingerprint density at radius 2 is 1.87 bits per heavy atom. The Morgan fingerprint density at radius 3 is 2.61 bits per heavy atom. The Labute approximate surface area is 227 Å². The van der Waals surface area contributed by atoms with Gasteiger partial charge in [0, 0.05) is 66.3 Å². The summed E-state index contributed by atoms with van der Waals surface area (Å²) in [4.78, 5) is 30.2. The number of aliphatic imine (C=N–C) groups is 1. The van der Waals surface area contributed by atoms with Crippen molar-refractivity contribution in [1.29, 1.82) is 0 Å². The molecule has 2 aromatic carbocycles. The molecule has 2 N–H and O–H groups in total. The van der Waals surface area contributed by atoms with E-state index in [0.717, 1.165) is 22.5 Å². The van der Waals surface area contributed by atoms with Crippen molar-refractivity contribution in [2.45, 2.75) is 0 Å². The Kier molecular flexibility index (Phi) is 6.29. The number of rotatable bonds is 4. The highest BCUT2D eigenvalue weighted by Gasteiger charge is 2.31. The van der Waals surface area contributed by atoms with Crippen LogP contribution in [0.1, 0.15) is 11.1 Å². The van der Waals surface area contributed by atoms with Crippen molar-refractivity contribution in [3.8, 4) is 0 Å². The molecule has 1 saturated heterocycles. The highest BCUT2D eigenvalue weighted by atomic mass is 35.5. The molecular weight excluding hydrogens is 532 g/mol. The number of halogens is 3. The minimum atomic E-state index is -0.937. The molecule has 0 unspecified atom stereocenters. The molecule has 0 bridgehead atoms. The molecule has 38 heavy (non-hydrogen) atoms. The maximum atomic E-state index is 15.0. The second-order valence-corrected chi connectivity index (χ2v) is 9.90. The molecule has 9 nitrogen and oxygen atoms in total. The van der Waals surface area contributed by atoms with Crippen molar-refractivity contribution in [1.82, 2.24) is 14.9 Å². The normalized spacial score (nSPS) is 16.6. The maximum Gasteiger partial charge on any atom is 0.407 e. The second kappa shape index (κ2) is 9.77. The van der Waals surface area contributed by atoms with E-state index in [1.54, 1.807) is 30.5 Å². The van der Waals surface area contributed by atoms with Crippen LogP contribution in [0.15, 0.2) is 47.6 Å². The molecule has 4 heterocycles. The van der Waals surface area contributed by atoms with Crippen LogP contribution in [0.3, 0.4) is 0 Å². The molecule has 12 heteroatoms. The van der Waals surface area contributed by atoms with Gasteiger partial charge in [0.15, 0.2) is 0 Å². The summed E-state index contributed by atoms with van der Waals surface area (Å²) in [6.45, 7) is 3.02. The monoisotopic (exact) mass is 553 g/mol. The summed E-state index contributed by atoms with van der Waals surface area (Å²) in [6, 6.07) is 10.2. The predicted molar refractivity (Wildman–Crippen MR) is 148 cm³/mol. The quantitative estimate of drug-likeness (QED) is 0.456. The molecule has 6 rings (SSSR count). The fourth-order valence-electron chi connectivity index (χ4n) is 4.85. The van der Waals surface area contributed by atoms with E-state index in [2.05, 4.69) is 20.3 Å². The van der Waals surface area contributed by atoms with E-state index in [9.17, 15) is 4.79 Å². The highest BCUT2D eigenvalue weighted by Crippen LogP contribution is 2.38. The Bertz CT molecular complexity index is 1500. The third-order valence-corrected chi connectivity index (χ3v) is 7.32. The number of nitrogens with one attached hydrogen (secondary N) is 1. The number of hydrogen-bond acceptors (Lipinski definition) is 7. The first-order valence-electron chi connectivity index (χ1n) is 12.0. The number of anilines is 4. The van der Waals surface area contributed by atoms with Gasteiger partial charge < -0.3 is 25.1 Å². The third-order valence-electron chi connectivity index (χ3n) is 6.77. The second-order valence-electron chi connectivity index (χ2n) is 9.06. The molecule has 0 atom stereocenters. The van der Waals surface area contributed by atoms with E-state index in [1.165, 1.54) is 11.0 Å². The predicted octanol–water partition coefficient (Wildman–Crippen LogP) is 5.24. The number of benzene rings is 2. The first-order valence-corrected chi connectivity index (χ1v) is 12.8. The topological polar surface area (TPSA) is 97.2 Å².